The van der Waals surface area contributed by atoms with Crippen LogP contribution in [0.3, 0.4) is 0 Å². The second-order valence-corrected chi connectivity index (χ2v) is 6.94. The summed E-state index contributed by atoms with van der Waals surface area (Å²) in [5, 5.41) is 30.1. The number of carbonyl (C=O) groups is 4. The normalized spacial score (nSPS) is 15.1. The Bertz CT molecular complexity index is 879. The zero-order valence-electron chi connectivity index (χ0n) is 13.5. The lowest BCUT2D eigenvalue weighted by Gasteiger charge is -2.32. The number of carboxylic acids is 1. The van der Waals surface area contributed by atoms with Crippen molar-refractivity contribution in [2.75, 3.05) is 0 Å². The van der Waals surface area contributed by atoms with Gasteiger partial charge in [-0.05, 0) is 34.7 Å². The smallest absolute Gasteiger partial charge is 0.359 e. The molecule has 0 spiro atoms. The molecule has 2 aromatic carbocycles. The van der Waals surface area contributed by atoms with Crippen LogP contribution in [0.5, 0.6) is 0 Å². The number of alkyl halides is 1. The number of ether oxygens (including phenoxy) is 1. The molecule has 2 atom stereocenters. The summed E-state index contributed by atoms with van der Waals surface area (Å²) in [7, 11) is 0. The highest BCUT2D eigenvalue weighted by Crippen LogP contribution is 2.34. The minimum Gasteiger partial charge on any atom is -0.478 e. The largest absolute Gasteiger partial charge is 0.478 e. The van der Waals surface area contributed by atoms with Gasteiger partial charge in [0.25, 0.3) is 9.21 Å². The molecule has 0 fully saturated rings. The number of ketones is 1. The van der Waals surface area contributed by atoms with Crippen molar-refractivity contribution in [3.05, 3.63) is 71.8 Å². The van der Waals surface area contributed by atoms with E-state index in [2.05, 4.69) is 4.74 Å². The number of carbonyl (C=O) groups excluding carboxylic acids is 3. The van der Waals surface area contributed by atoms with Gasteiger partial charge in [0.05, 0.1) is 5.56 Å². The second kappa shape index (κ2) is 7.94. The van der Waals surface area contributed by atoms with Crippen molar-refractivity contribution in [1.29, 1.82) is 0 Å². The average Bonchev–Trinajstić information content (AvgIpc) is 2.67. The van der Waals surface area contributed by atoms with Crippen molar-refractivity contribution < 1.29 is 39.2 Å². The summed E-state index contributed by atoms with van der Waals surface area (Å²) in [4.78, 5) is 48.6. The molecule has 0 aromatic heterocycles. The van der Waals surface area contributed by atoms with Crippen molar-refractivity contribution in [2.24, 2.45) is 0 Å². The number of esters is 2. The van der Waals surface area contributed by atoms with Gasteiger partial charge in [0.15, 0.2) is 0 Å². The molecular weight excluding hydrogens is 471 g/mol. The van der Waals surface area contributed by atoms with Gasteiger partial charge in [-0.1, -0.05) is 48.5 Å². The van der Waals surface area contributed by atoms with E-state index in [4.69, 9.17) is 0 Å². The minimum absolute atomic E-state index is 0.0762. The summed E-state index contributed by atoms with van der Waals surface area (Å²) in [5.41, 5.74) is -3.92. The Morgan fingerprint density at radius 1 is 0.815 bits per heavy atom. The van der Waals surface area contributed by atoms with Gasteiger partial charge in [-0.3, -0.25) is 4.79 Å². The molecule has 9 heteroatoms. The van der Waals surface area contributed by atoms with Crippen LogP contribution in [0.25, 0.3) is 0 Å². The van der Waals surface area contributed by atoms with Gasteiger partial charge in [-0.25, -0.2) is 14.4 Å². The zero-order chi connectivity index (χ0) is 20.2. The van der Waals surface area contributed by atoms with Crippen molar-refractivity contribution in [3.63, 3.8) is 0 Å². The lowest BCUT2D eigenvalue weighted by atomic mass is 9.87. The summed E-state index contributed by atoms with van der Waals surface area (Å²) in [6.45, 7) is 0. The predicted octanol–water partition coefficient (Wildman–Crippen LogP) is 1.19. The molecule has 3 N–H and O–H groups in total. The SMILES string of the molecule is O=C(OC(=O)C(O)(C(=O)c1ccccc1)C(O)(I)C(=O)O)c1ccccc1. The van der Waals surface area contributed by atoms with Crippen LogP contribution >= 0.6 is 22.6 Å². The van der Waals surface area contributed by atoms with Crippen LogP contribution in [0, 0.1) is 0 Å². The maximum Gasteiger partial charge on any atom is 0.359 e. The first-order chi connectivity index (χ1) is 12.6. The Balaban J connectivity index is 2.46. The molecule has 0 amide bonds. The monoisotopic (exact) mass is 484 g/mol. The van der Waals surface area contributed by atoms with Gasteiger partial charge in [0, 0.05) is 5.56 Å². The molecule has 0 bridgehead atoms. The van der Waals surface area contributed by atoms with Gasteiger partial charge < -0.3 is 20.1 Å². The van der Waals surface area contributed by atoms with Gasteiger partial charge in [0.1, 0.15) is 0 Å². The number of aliphatic carboxylic acids is 1. The standard InChI is InChI=1S/C18H13IO8/c19-18(26,15(22)23)17(25,13(20)11-7-3-1-4-8-11)16(24)27-14(21)12-9-5-2-6-10-12/h1-10,25-26H,(H,22,23). The summed E-state index contributed by atoms with van der Waals surface area (Å²) >= 11 is 0.836. The number of carboxylic acid groups (broad SMARTS) is 1. The lowest BCUT2D eigenvalue weighted by Crippen LogP contribution is -2.65. The number of hydrogen-bond acceptors (Lipinski definition) is 7. The number of rotatable bonds is 6. The van der Waals surface area contributed by atoms with Gasteiger partial charge in [-0.15, -0.1) is 0 Å². The molecule has 140 valence electrons. The average molecular weight is 484 g/mol. The Hall–Kier alpha value is -2.63. The molecule has 0 saturated heterocycles. The highest BCUT2D eigenvalue weighted by molar-refractivity contribution is 14.1. The van der Waals surface area contributed by atoms with Crippen LogP contribution in [0.1, 0.15) is 20.7 Å². The predicted molar refractivity (Wildman–Crippen MR) is 99.2 cm³/mol. The minimum atomic E-state index is -3.58. The highest BCUT2D eigenvalue weighted by Gasteiger charge is 2.65. The van der Waals surface area contributed by atoms with Crippen LogP contribution in [0.15, 0.2) is 60.7 Å². The maximum absolute atomic E-state index is 12.7. The second-order valence-electron chi connectivity index (χ2n) is 5.38. The Morgan fingerprint density at radius 3 is 1.70 bits per heavy atom. The van der Waals surface area contributed by atoms with Gasteiger partial charge in [-0.2, -0.15) is 0 Å². The molecule has 2 aromatic rings. The van der Waals surface area contributed by atoms with Crippen LogP contribution in [-0.4, -0.2) is 48.2 Å². The first-order valence-electron chi connectivity index (χ1n) is 7.41. The van der Waals surface area contributed by atoms with E-state index in [9.17, 15) is 34.5 Å². The fraction of sp³-hybridized carbons (Fsp3) is 0.111. The van der Waals surface area contributed by atoms with Crippen molar-refractivity contribution in [1.82, 2.24) is 0 Å². The molecule has 0 radical (unpaired) electrons. The third-order valence-electron chi connectivity index (χ3n) is 3.62. The third kappa shape index (κ3) is 3.89. The molecule has 0 saturated carbocycles. The highest BCUT2D eigenvalue weighted by atomic mass is 127. The van der Waals surface area contributed by atoms with E-state index in [0.29, 0.717) is 0 Å². The number of hydrogen-bond donors (Lipinski definition) is 3. The Labute approximate surface area is 166 Å². The quantitative estimate of drug-likeness (QED) is 0.183. The Kier molecular flexibility index (Phi) is 6.08. The topological polar surface area (TPSA) is 138 Å². The zero-order valence-corrected chi connectivity index (χ0v) is 15.7. The third-order valence-corrected chi connectivity index (χ3v) is 4.86. The first-order valence-corrected chi connectivity index (χ1v) is 8.48. The van der Waals surface area contributed by atoms with Gasteiger partial charge in [0.2, 0.25) is 5.78 Å². The van der Waals surface area contributed by atoms with E-state index in [1.807, 2.05) is 0 Å². The number of halogens is 1. The van der Waals surface area contributed by atoms with Crippen molar-refractivity contribution in [3.8, 4) is 0 Å². The number of benzene rings is 2. The molecule has 2 unspecified atom stereocenters. The summed E-state index contributed by atoms with van der Waals surface area (Å²) in [6.07, 6.45) is 0. The van der Waals surface area contributed by atoms with E-state index < -0.39 is 32.9 Å². The van der Waals surface area contributed by atoms with E-state index in [0.717, 1.165) is 22.6 Å². The first kappa shape index (κ1) is 20.7. The molecule has 0 heterocycles. The van der Waals surface area contributed by atoms with Crippen LogP contribution in [0.2, 0.25) is 0 Å². The molecule has 0 aliphatic carbocycles. The van der Waals surface area contributed by atoms with Crippen molar-refractivity contribution in [2.45, 2.75) is 9.21 Å². The van der Waals surface area contributed by atoms with Crippen molar-refractivity contribution >= 4 is 46.3 Å². The molecule has 0 aliphatic rings. The molecule has 0 aliphatic heterocycles. The molecule has 2 rings (SSSR count). The lowest BCUT2D eigenvalue weighted by molar-refractivity contribution is -0.178. The van der Waals surface area contributed by atoms with Crippen LogP contribution in [0.4, 0.5) is 0 Å². The van der Waals surface area contributed by atoms with Crippen LogP contribution < -0.4 is 0 Å². The summed E-state index contributed by atoms with van der Waals surface area (Å²) in [5.74, 6) is -6.64. The Morgan fingerprint density at radius 2 is 1.26 bits per heavy atom. The summed E-state index contributed by atoms with van der Waals surface area (Å²) in [6, 6.07) is 13.9. The summed E-state index contributed by atoms with van der Waals surface area (Å²) < 4.78 is 1.20. The van der Waals surface area contributed by atoms with E-state index in [1.54, 1.807) is 12.1 Å². The van der Waals surface area contributed by atoms with E-state index in [-0.39, 0.29) is 11.1 Å². The molecule has 8 nitrogen and oxygen atoms in total. The number of Topliss-reactive ketones (excluding diaryl/α,β-unsaturated/α-hetero) is 1. The van der Waals surface area contributed by atoms with Gasteiger partial charge >= 0.3 is 17.9 Å². The fourth-order valence-electron chi connectivity index (χ4n) is 2.12. The fourth-order valence-corrected chi connectivity index (χ4v) is 2.59. The maximum atomic E-state index is 12.7. The van der Waals surface area contributed by atoms with Crippen LogP contribution in [-0.2, 0) is 14.3 Å². The number of aliphatic hydroxyl groups is 2. The molecular formula is C18H13IO8. The van der Waals surface area contributed by atoms with E-state index >= 15 is 0 Å². The molecule has 27 heavy (non-hydrogen) atoms. The van der Waals surface area contributed by atoms with E-state index in [1.165, 1.54) is 48.5 Å².